The fourth-order valence-electron chi connectivity index (χ4n) is 3.57. The molecule has 1 aromatic heterocycles. The fraction of sp³-hybridized carbons (Fsp3) is 0.538. The molecule has 1 aromatic carbocycles. The van der Waals surface area contributed by atoms with Crippen LogP contribution in [0.25, 0.3) is 0 Å². The van der Waals surface area contributed by atoms with Crippen molar-refractivity contribution in [3.05, 3.63) is 58.9 Å². The average molecular weight is 573 g/mol. The number of ether oxygens (including phenoxy) is 1. The highest BCUT2D eigenvalue weighted by Gasteiger charge is 2.10. The van der Waals surface area contributed by atoms with E-state index in [0.29, 0.717) is 29.5 Å². The second kappa shape index (κ2) is 17.2. The molecule has 0 spiro atoms. The molecular weight excluding hydrogens is 535 g/mol. The SMILES string of the molecule is CCCCCCCCCCCCOc1ccc(C(=O)NCc2ccc[n+](C)c2)cc1Cl.[I-]. The van der Waals surface area contributed by atoms with Crippen LogP contribution in [-0.4, -0.2) is 12.5 Å². The summed E-state index contributed by atoms with van der Waals surface area (Å²) in [5.74, 6) is 0.499. The van der Waals surface area contributed by atoms with Crippen molar-refractivity contribution in [2.75, 3.05) is 6.61 Å². The van der Waals surface area contributed by atoms with Crippen molar-refractivity contribution < 1.29 is 38.1 Å². The molecular formula is C26H38ClIN2O2. The lowest BCUT2D eigenvalue weighted by Crippen LogP contribution is -3.00. The normalized spacial score (nSPS) is 10.5. The summed E-state index contributed by atoms with van der Waals surface area (Å²) in [6.45, 7) is 3.39. The van der Waals surface area contributed by atoms with E-state index in [1.807, 2.05) is 36.1 Å². The quantitative estimate of drug-likeness (QED) is 0.202. The molecule has 0 aliphatic heterocycles. The molecule has 0 bridgehead atoms. The standard InChI is InChI=1S/C26H37ClN2O2.HI/c1-3-4-5-6-7-8-9-10-11-12-18-31-25-16-15-23(19-24(25)27)26(30)28-20-22-14-13-17-29(2)21-22;/h13-17,19,21H,3-12,18,20H2,1-2H3;1H. The molecule has 0 fully saturated rings. The number of aromatic nitrogens is 1. The number of hydrogen-bond acceptors (Lipinski definition) is 2. The minimum atomic E-state index is -0.144. The van der Waals surface area contributed by atoms with E-state index >= 15 is 0 Å². The van der Waals surface area contributed by atoms with Crippen LogP contribution in [0.15, 0.2) is 42.7 Å². The third-order valence-corrected chi connectivity index (χ3v) is 5.70. The smallest absolute Gasteiger partial charge is 0.251 e. The first-order valence-corrected chi connectivity index (χ1v) is 12.1. The maximum atomic E-state index is 12.4. The number of unbranched alkanes of at least 4 members (excludes halogenated alkanes) is 9. The molecule has 0 radical (unpaired) electrons. The number of pyridine rings is 1. The van der Waals surface area contributed by atoms with Crippen LogP contribution >= 0.6 is 11.6 Å². The van der Waals surface area contributed by atoms with Gasteiger partial charge in [0, 0.05) is 23.7 Å². The molecule has 32 heavy (non-hydrogen) atoms. The van der Waals surface area contributed by atoms with Crippen molar-refractivity contribution in [2.45, 2.75) is 77.7 Å². The Bertz CT molecular complexity index is 801. The van der Waals surface area contributed by atoms with Crippen molar-refractivity contribution >= 4 is 17.5 Å². The number of nitrogens with one attached hydrogen (secondary N) is 1. The molecule has 0 unspecified atom stereocenters. The fourth-order valence-corrected chi connectivity index (χ4v) is 3.80. The zero-order chi connectivity index (χ0) is 22.3. The molecule has 4 nitrogen and oxygen atoms in total. The van der Waals surface area contributed by atoms with E-state index in [1.165, 1.54) is 57.8 Å². The zero-order valence-electron chi connectivity index (χ0n) is 19.5. The molecule has 0 atom stereocenters. The molecule has 0 saturated carbocycles. The summed E-state index contributed by atoms with van der Waals surface area (Å²) in [6, 6.07) is 9.17. The van der Waals surface area contributed by atoms with Crippen LogP contribution in [-0.2, 0) is 13.6 Å². The van der Waals surface area contributed by atoms with Crippen LogP contribution in [0.2, 0.25) is 5.02 Å². The Hall–Kier alpha value is -1.34. The Morgan fingerprint density at radius 2 is 1.66 bits per heavy atom. The molecule has 0 saturated heterocycles. The van der Waals surface area contributed by atoms with Crippen molar-refractivity contribution in [1.82, 2.24) is 5.32 Å². The van der Waals surface area contributed by atoms with E-state index in [4.69, 9.17) is 16.3 Å². The number of rotatable bonds is 15. The lowest BCUT2D eigenvalue weighted by molar-refractivity contribution is -0.671. The second-order valence-corrected chi connectivity index (χ2v) is 8.64. The summed E-state index contributed by atoms with van der Waals surface area (Å²) in [7, 11) is 1.96. The van der Waals surface area contributed by atoms with E-state index in [1.54, 1.807) is 18.2 Å². The lowest BCUT2D eigenvalue weighted by atomic mass is 10.1. The molecule has 2 aromatic rings. The van der Waals surface area contributed by atoms with Crippen molar-refractivity contribution in [3.8, 4) is 5.75 Å². The van der Waals surface area contributed by atoms with Crippen LogP contribution in [0, 0.1) is 0 Å². The highest BCUT2D eigenvalue weighted by molar-refractivity contribution is 6.32. The van der Waals surface area contributed by atoms with Gasteiger partial charge in [-0.15, -0.1) is 0 Å². The number of carbonyl (C=O) groups excluding carboxylic acids is 1. The van der Waals surface area contributed by atoms with Gasteiger partial charge in [0.1, 0.15) is 12.8 Å². The molecule has 178 valence electrons. The minimum absolute atomic E-state index is 0. The van der Waals surface area contributed by atoms with E-state index in [2.05, 4.69) is 12.2 Å². The summed E-state index contributed by atoms with van der Waals surface area (Å²) in [5.41, 5.74) is 1.58. The highest BCUT2D eigenvalue weighted by atomic mass is 127. The summed E-state index contributed by atoms with van der Waals surface area (Å²) in [4.78, 5) is 12.4. The minimum Gasteiger partial charge on any atom is -1.00 e. The highest BCUT2D eigenvalue weighted by Crippen LogP contribution is 2.26. The summed E-state index contributed by atoms with van der Waals surface area (Å²) in [6.07, 6.45) is 16.9. The molecule has 2 rings (SSSR count). The van der Waals surface area contributed by atoms with Gasteiger partial charge in [-0.25, -0.2) is 4.57 Å². The van der Waals surface area contributed by atoms with E-state index in [0.717, 1.165) is 12.0 Å². The van der Waals surface area contributed by atoms with Gasteiger partial charge in [0.25, 0.3) is 5.91 Å². The first kappa shape index (κ1) is 28.7. The van der Waals surface area contributed by atoms with Crippen LogP contribution in [0.3, 0.4) is 0 Å². The molecule has 1 amide bonds. The monoisotopic (exact) mass is 572 g/mol. The van der Waals surface area contributed by atoms with Gasteiger partial charge in [-0.05, 0) is 30.7 Å². The van der Waals surface area contributed by atoms with Gasteiger partial charge in [-0.3, -0.25) is 4.79 Å². The molecule has 6 heteroatoms. The van der Waals surface area contributed by atoms with Crippen LogP contribution < -0.4 is 38.6 Å². The van der Waals surface area contributed by atoms with Crippen molar-refractivity contribution in [2.24, 2.45) is 7.05 Å². The number of benzene rings is 1. The molecule has 0 aliphatic rings. The lowest BCUT2D eigenvalue weighted by Gasteiger charge is -2.10. The van der Waals surface area contributed by atoms with Gasteiger partial charge in [-0.1, -0.05) is 76.3 Å². The van der Waals surface area contributed by atoms with Gasteiger partial charge >= 0.3 is 0 Å². The molecule has 0 aliphatic carbocycles. The van der Waals surface area contributed by atoms with E-state index in [-0.39, 0.29) is 29.9 Å². The third-order valence-electron chi connectivity index (χ3n) is 5.40. The van der Waals surface area contributed by atoms with Gasteiger partial charge in [-0.2, -0.15) is 0 Å². The predicted octanol–water partition coefficient (Wildman–Crippen LogP) is 3.40. The first-order valence-electron chi connectivity index (χ1n) is 11.7. The molecule has 1 N–H and O–H groups in total. The number of carbonyl (C=O) groups is 1. The Morgan fingerprint density at radius 1 is 1.00 bits per heavy atom. The average Bonchev–Trinajstić information content (AvgIpc) is 2.76. The number of aryl methyl sites for hydroxylation is 1. The topological polar surface area (TPSA) is 42.2 Å². The second-order valence-electron chi connectivity index (χ2n) is 8.24. The Balaban J connectivity index is 0.00000512. The Kier molecular flexibility index (Phi) is 15.4. The van der Waals surface area contributed by atoms with Gasteiger partial charge < -0.3 is 34.0 Å². The number of hydrogen-bond donors (Lipinski definition) is 1. The number of amides is 1. The zero-order valence-corrected chi connectivity index (χ0v) is 22.5. The third kappa shape index (κ3) is 11.5. The van der Waals surface area contributed by atoms with Crippen LogP contribution in [0.4, 0.5) is 0 Å². The first-order chi connectivity index (χ1) is 15.1. The molecule has 1 heterocycles. The summed E-state index contributed by atoms with van der Waals surface area (Å²) in [5, 5.41) is 3.41. The van der Waals surface area contributed by atoms with E-state index < -0.39 is 0 Å². The van der Waals surface area contributed by atoms with Crippen LogP contribution in [0.5, 0.6) is 5.75 Å². The maximum absolute atomic E-state index is 12.4. The van der Waals surface area contributed by atoms with E-state index in [9.17, 15) is 4.79 Å². The summed E-state index contributed by atoms with van der Waals surface area (Å²) >= 11 is 6.34. The number of nitrogens with zero attached hydrogens (tertiary/aromatic N) is 1. The number of halogens is 2. The van der Waals surface area contributed by atoms with Crippen molar-refractivity contribution in [3.63, 3.8) is 0 Å². The largest absolute Gasteiger partial charge is 1.00 e. The summed E-state index contributed by atoms with van der Waals surface area (Å²) < 4.78 is 7.78. The van der Waals surface area contributed by atoms with Crippen molar-refractivity contribution in [1.29, 1.82) is 0 Å². The van der Waals surface area contributed by atoms with Gasteiger partial charge in [0.2, 0.25) is 0 Å². The predicted molar refractivity (Wildman–Crippen MR) is 128 cm³/mol. The maximum Gasteiger partial charge on any atom is 0.251 e. The van der Waals surface area contributed by atoms with Gasteiger partial charge in [0.15, 0.2) is 12.4 Å². The Morgan fingerprint density at radius 3 is 2.28 bits per heavy atom. The Labute approximate surface area is 216 Å². The van der Waals surface area contributed by atoms with Gasteiger partial charge in [0.05, 0.1) is 11.6 Å². The van der Waals surface area contributed by atoms with Crippen LogP contribution in [0.1, 0.15) is 87.1 Å².